The zero-order valence-corrected chi connectivity index (χ0v) is 27.1. The molecule has 4 heterocycles. The topological polar surface area (TPSA) is 98.0 Å². The molecule has 8 nitrogen and oxygen atoms in total. The van der Waals surface area contributed by atoms with Gasteiger partial charge in [0.2, 0.25) is 12.6 Å². The van der Waals surface area contributed by atoms with Crippen LogP contribution in [0.2, 0.25) is 0 Å². The van der Waals surface area contributed by atoms with Crippen molar-refractivity contribution in [3.8, 4) is 34.4 Å². The molecule has 8 heteroatoms. The summed E-state index contributed by atoms with van der Waals surface area (Å²) >= 11 is 0. The quantitative estimate of drug-likeness (QED) is 0.193. The van der Waals surface area contributed by atoms with Gasteiger partial charge in [0.25, 0.3) is 0 Å². The molecule has 0 aliphatic carbocycles. The van der Waals surface area contributed by atoms with Crippen molar-refractivity contribution in [2.45, 2.75) is 102 Å². The standard InChI is InChI=1S/C38H42N6O2/c1-5-31(23-45)43-25(3)7-19-35(43)37-39-21-33(41-37)29-15-11-27(12-16-29)9-10-28-13-17-30(18-14-28)34-22-40-38(42-34)36-20-8-26(4)44(36)32(6-2)24-46/h11-18,21-22,25-26,31-32,35-36H,5-8,19-20H2,1-4H3,(H,39,41)(H,40,42)/t25-,26-,31-,32-,35-,36-/m0/s1. The van der Waals surface area contributed by atoms with Gasteiger partial charge in [-0.3, -0.25) is 19.4 Å². The lowest BCUT2D eigenvalue weighted by atomic mass is 10.1. The van der Waals surface area contributed by atoms with E-state index in [0.717, 1.165) is 83.8 Å². The average Bonchev–Trinajstić information content (AvgIpc) is 3.90. The van der Waals surface area contributed by atoms with E-state index in [0.29, 0.717) is 12.1 Å². The number of hydrogen-bond acceptors (Lipinski definition) is 6. The van der Waals surface area contributed by atoms with Crippen molar-refractivity contribution in [1.29, 1.82) is 0 Å². The molecule has 0 saturated carbocycles. The molecule has 2 aromatic heterocycles. The number of carbonyl (C=O) groups excluding carboxylic acids is 2. The van der Waals surface area contributed by atoms with Gasteiger partial charge in [-0.25, -0.2) is 9.97 Å². The van der Waals surface area contributed by atoms with Crippen molar-refractivity contribution < 1.29 is 9.59 Å². The fourth-order valence-corrected chi connectivity index (χ4v) is 7.23. The lowest BCUT2D eigenvalue weighted by Crippen LogP contribution is -2.40. The second-order valence-corrected chi connectivity index (χ2v) is 12.6. The summed E-state index contributed by atoms with van der Waals surface area (Å²) in [5.74, 6) is 8.36. The summed E-state index contributed by atoms with van der Waals surface area (Å²) in [5.41, 5.74) is 5.67. The zero-order chi connectivity index (χ0) is 32.2. The molecule has 0 spiro atoms. The summed E-state index contributed by atoms with van der Waals surface area (Å²) in [5, 5.41) is 0. The predicted molar refractivity (Wildman–Crippen MR) is 180 cm³/mol. The Morgan fingerprint density at radius 1 is 0.674 bits per heavy atom. The number of nitrogens with zero attached hydrogens (tertiary/aromatic N) is 4. The van der Waals surface area contributed by atoms with Crippen LogP contribution < -0.4 is 0 Å². The number of imidazole rings is 2. The number of aromatic amines is 2. The van der Waals surface area contributed by atoms with E-state index in [4.69, 9.17) is 9.97 Å². The van der Waals surface area contributed by atoms with E-state index in [1.165, 1.54) is 0 Å². The molecule has 2 aromatic carbocycles. The molecule has 2 aliphatic heterocycles. The summed E-state index contributed by atoms with van der Waals surface area (Å²) < 4.78 is 0. The maximum absolute atomic E-state index is 11.6. The molecule has 0 unspecified atom stereocenters. The Bertz CT molecular complexity index is 1570. The van der Waals surface area contributed by atoms with Gasteiger partial charge >= 0.3 is 0 Å². The van der Waals surface area contributed by atoms with Crippen LogP contribution in [-0.2, 0) is 9.59 Å². The van der Waals surface area contributed by atoms with Crippen LogP contribution in [0.25, 0.3) is 22.5 Å². The number of aromatic nitrogens is 4. The number of nitrogens with one attached hydrogen (secondary N) is 2. The van der Waals surface area contributed by atoms with E-state index in [-0.39, 0.29) is 24.2 Å². The van der Waals surface area contributed by atoms with E-state index < -0.39 is 0 Å². The molecular formula is C38H42N6O2. The highest BCUT2D eigenvalue weighted by Gasteiger charge is 2.39. The van der Waals surface area contributed by atoms with Gasteiger partial charge in [-0.2, -0.15) is 0 Å². The minimum atomic E-state index is -0.206. The van der Waals surface area contributed by atoms with Crippen molar-refractivity contribution in [3.05, 3.63) is 83.7 Å². The lowest BCUT2D eigenvalue weighted by Gasteiger charge is -2.31. The third-order valence-electron chi connectivity index (χ3n) is 9.76. The monoisotopic (exact) mass is 614 g/mol. The zero-order valence-electron chi connectivity index (χ0n) is 27.1. The van der Waals surface area contributed by atoms with Crippen molar-refractivity contribution in [2.75, 3.05) is 0 Å². The summed E-state index contributed by atoms with van der Waals surface area (Å²) in [7, 11) is 0. The van der Waals surface area contributed by atoms with Gasteiger partial charge in [-0.15, -0.1) is 0 Å². The first-order chi connectivity index (χ1) is 22.4. The molecule has 2 fully saturated rings. The second kappa shape index (κ2) is 14.0. The molecule has 0 bridgehead atoms. The molecule has 0 amide bonds. The second-order valence-electron chi connectivity index (χ2n) is 12.6. The summed E-state index contributed by atoms with van der Waals surface area (Å²) in [6.45, 7) is 8.42. The number of likely N-dealkylation sites (tertiary alicyclic amines) is 2. The summed E-state index contributed by atoms with van der Waals surface area (Å²) in [4.78, 5) is 44.3. The van der Waals surface area contributed by atoms with Crippen LogP contribution in [0.1, 0.15) is 101 Å². The average molecular weight is 615 g/mol. The Hall–Kier alpha value is -4.32. The maximum Gasteiger partial charge on any atom is 0.217 e. The molecule has 236 valence electrons. The summed E-state index contributed by atoms with van der Waals surface area (Å²) in [6, 6.07) is 16.7. The van der Waals surface area contributed by atoms with Crippen LogP contribution in [0, 0.1) is 11.8 Å². The van der Waals surface area contributed by atoms with Crippen LogP contribution in [0.15, 0.2) is 60.9 Å². The van der Waals surface area contributed by atoms with E-state index in [9.17, 15) is 9.59 Å². The normalized spacial score (nSPS) is 23.1. The molecule has 6 rings (SSSR count). The van der Waals surface area contributed by atoms with Crippen LogP contribution in [0.4, 0.5) is 0 Å². The van der Waals surface area contributed by atoms with Gasteiger partial charge in [0.15, 0.2) is 0 Å². The molecule has 2 radical (unpaired) electrons. The Labute approximate surface area is 272 Å². The smallest absolute Gasteiger partial charge is 0.217 e. The highest BCUT2D eigenvalue weighted by molar-refractivity contribution is 5.63. The molecular weight excluding hydrogens is 572 g/mol. The van der Waals surface area contributed by atoms with Crippen LogP contribution in [0.3, 0.4) is 0 Å². The fraction of sp³-hybridized carbons (Fsp3) is 0.421. The van der Waals surface area contributed by atoms with E-state index in [1.807, 2.05) is 74.8 Å². The van der Waals surface area contributed by atoms with Gasteiger partial charge in [0.05, 0.1) is 35.6 Å². The molecule has 4 aromatic rings. The Balaban J connectivity index is 1.10. The first-order valence-electron chi connectivity index (χ1n) is 16.6. The van der Waals surface area contributed by atoms with Crippen LogP contribution in [-0.4, -0.2) is 66.5 Å². The third-order valence-corrected chi connectivity index (χ3v) is 9.76. The SMILES string of the molecule is CC[C@@H]([C]=O)N1[C@@H](C)CC[C@H]1c1nc(-c2ccc(C#Cc3ccc(-c4c[nH]c([C@@H]5CC[C@H](C)N5[C@H]([C]=O)CC)n4)cc3)cc2)c[nH]1. The molecule has 6 atom stereocenters. The third kappa shape index (κ3) is 6.35. The molecule has 2 aliphatic rings. The Morgan fingerprint density at radius 2 is 1.07 bits per heavy atom. The van der Waals surface area contributed by atoms with Crippen molar-refractivity contribution in [2.24, 2.45) is 0 Å². The first-order valence-corrected chi connectivity index (χ1v) is 16.6. The van der Waals surface area contributed by atoms with Gasteiger partial charge in [-0.05, 0) is 76.6 Å². The van der Waals surface area contributed by atoms with Crippen LogP contribution in [0.5, 0.6) is 0 Å². The minimum Gasteiger partial charge on any atom is -0.347 e. The first kappa shape index (κ1) is 31.7. The van der Waals surface area contributed by atoms with E-state index in [2.05, 4.69) is 58.0 Å². The number of benzene rings is 2. The number of H-pyrrole nitrogens is 2. The molecule has 46 heavy (non-hydrogen) atoms. The predicted octanol–water partition coefficient (Wildman–Crippen LogP) is 6.69. The van der Waals surface area contributed by atoms with Gasteiger partial charge in [0.1, 0.15) is 11.6 Å². The maximum atomic E-state index is 11.6. The van der Waals surface area contributed by atoms with Crippen molar-refractivity contribution in [1.82, 2.24) is 29.7 Å². The Kier molecular flexibility index (Phi) is 9.62. The lowest BCUT2D eigenvalue weighted by molar-refractivity contribution is 0.164. The highest BCUT2D eigenvalue weighted by Crippen LogP contribution is 2.38. The van der Waals surface area contributed by atoms with Crippen molar-refractivity contribution in [3.63, 3.8) is 0 Å². The summed E-state index contributed by atoms with van der Waals surface area (Å²) in [6.07, 6.45) is 13.9. The number of hydrogen-bond donors (Lipinski definition) is 2. The van der Waals surface area contributed by atoms with Gasteiger partial charge < -0.3 is 9.97 Å². The largest absolute Gasteiger partial charge is 0.347 e. The van der Waals surface area contributed by atoms with E-state index >= 15 is 0 Å². The van der Waals surface area contributed by atoms with Gasteiger partial charge in [0, 0.05) is 46.7 Å². The highest BCUT2D eigenvalue weighted by atomic mass is 16.1. The van der Waals surface area contributed by atoms with Crippen LogP contribution >= 0.6 is 0 Å². The molecule has 2 N–H and O–H groups in total. The minimum absolute atomic E-state index is 0.101. The fourth-order valence-electron chi connectivity index (χ4n) is 7.23. The molecule has 2 saturated heterocycles. The van der Waals surface area contributed by atoms with Crippen molar-refractivity contribution >= 4 is 12.6 Å². The number of rotatable bonds is 10. The Morgan fingerprint density at radius 3 is 1.41 bits per heavy atom. The van der Waals surface area contributed by atoms with E-state index in [1.54, 1.807) is 0 Å². The van der Waals surface area contributed by atoms with Gasteiger partial charge in [-0.1, -0.05) is 50.0 Å².